The van der Waals surface area contributed by atoms with Crippen molar-refractivity contribution in [1.82, 2.24) is 5.32 Å². The Bertz CT molecular complexity index is 700. The molecule has 4 nitrogen and oxygen atoms in total. The Labute approximate surface area is 156 Å². The van der Waals surface area contributed by atoms with Crippen molar-refractivity contribution in [2.24, 2.45) is 0 Å². The fourth-order valence-electron chi connectivity index (χ4n) is 2.57. The molecule has 0 fully saturated rings. The maximum atomic E-state index is 12.4. The van der Waals surface area contributed by atoms with E-state index in [1.807, 2.05) is 43.3 Å². The number of carbonyl (C=O) groups is 1. The van der Waals surface area contributed by atoms with Crippen molar-refractivity contribution in [3.8, 4) is 11.5 Å². The average molecular weight is 355 g/mol. The van der Waals surface area contributed by atoms with Crippen molar-refractivity contribution < 1.29 is 14.3 Å². The number of methoxy groups -OCH3 is 1. The second-order valence-electron chi connectivity index (χ2n) is 7.35. The van der Waals surface area contributed by atoms with E-state index in [4.69, 9.17) is 9.47 Å². The van der Waals surface area contributed by atoms with Crippen molar-refractivity contribution in [3.05, 3.63) is 59.7 Å². The largest absolute Gasteiger partial charge is 0.497 e. The number of rotatable bonds is 7. The molecule has 26 heavy (non-hydrogen) atoms. The van der Waals surface area contributed by atoms with Gasteiger partial charge in [-0.2, -0.15) is 0 Å². The second-order valence-corrected chi connectivity index (χ2v) is 7.35. The van der Waals surface area contributed by atoms with Crippen LogP contribution >= 0.6 is 0 Å². The van der Waals surface area contributed by atoms with Gasteiger partial charge in [-0.1, -0.05) is 52.0 Å². The molecule has 1 atom stereocenters. The first-order chi connectivity index (χ1) is 12.3. The zero-order valence-electron chi connectivity index (χ0n) is 16.3. The standard InChI is InChI=1S/C22H29NO3/c1-6-20(26-19-13-9-17(10-14-19)22(2,3)4)21(24)23-15-16-7-11-18(25-5)12-8-16/h7-14,20H,6,15H2,1-5H3,(H,23,24)/t20-/m0/s1. The van der Waals surface area contributed by atoms with Crippen molar-refractivity contribution in [3.63, 3.8) is 0 Å². The van der Waals surface area contributed by atoms with Crippen LogP contribution in [0.4, 0.5) is 0 Å². The van der Waals surface area contributed by atoms with E-state index in [0.717, 1.165) is 11.3 Å². The molecule has 2 aromatic rings. The number of hydrogen-bond donors (Lipinski definition) is 1. The molecule has 0 saturated carbocycles. The summed E-state index contributed by atoms with van der Waals surface area (Å²) >= 11 is 0. The van der Waals surface area contributed by atoms with Gasteiger partial charge in [0.25, 0.3) is 5.91 Å². The van der Waals surface area contributed by atoms with Crippen molar-refractivity contribution in [2.75, 3.05) is 7.11 Å². The summed E-state index contributed by atoms with van der Waals surface area (Å²) in [6, 6.07) is 15.6. The molecule has 0 unspecified atom stereocenters. The molecule has 2 rings (SSSR count). The average Bonchev–Trinajstić information content (AvgIpc) is 2.64. The first-order valence-corrected chi connectivity index (χ1v) is 9.01. The first kappa shape index (κ1) is 19.8. The van der Waals surface area contributed by atoms with Gasteiger partial charge in [-0.3, -0.25) is 4.79 Å². The van der Waals surface area contributed by atoms with E-state index in [2.05, 4.69) is 38.2 Å². The molecule has 0 saturated heterocycles. The van der Waals surface area contributed by atoms with E-state index in [1.165, 1.54) is 5.56 Å². The number of carbonyl (C=O) groups excluding carboxylic acids is 1. The molecule has 140 valence electrons. The molecule has 0 bridgehead atoms. The van der Waals surface area contributed by atoms with Crippen LogP contribution in [0.2, 0.25) is 0 Å². The fourth-order valence-corrected chi connectivity index (χ4v) is 2.57. The minimum absolute atomic E-state index is 0.0957. The van der Waals surface area contributed by atoms with E-state index in [0.29, 0.717) is 18.7 Å². The molecule has 0 radical (unpaired) electrons. The van der Waals surface area contributed by atoms with Gasteiger partial charge in [-0.15, -0.1) is 0 Å². The highest BCUT2D eigenvalue weighted by molar-refractivity contribution is 5.81. The van der Waals surface area contributed by atoms with E-state index in [-0.39, 0.29) is 11.3 Å². The smallest absolute Gasteiger partial charge is 0.261 e. The highest BCUT2D eigenvalue weighted by Crippen LogP contribution is 2.25. The molecule has 0 aliphatic rings. The van der Waals surface area contributed by atoms with Gasteiger partial charge in [0.2, 0.25) is 0 Å². The number of benzene rings is 2. The van der Waals surface area contributed by atoms with Crippen LogP contribution in [-0.4, -0.2) is 19.1 Å². The molecule has 2 aromatic carbocycles. The van der Waals surface area contributed by atoms with E-state index >= 15 is 0 Å². The summed E-state index contributed by atoms with van der Waals surface area (Å²) in [6.45, 7) is 8.92. The Morgan fingerprint density at radius 2 is 1.58 bits per heavy atom. The fraction of sp³-hybridized carbons (Fsp3) is 0.409. The van der Waals surface area contributed by atoms with Crippen LogP contribution in [0.5, 0.6) is 11.5 Å². The summed E-state index contributed by atoms with van der Waals surface area (Å²) in [5.41, 5.74) is 2.35. The minimum atomic E-state index is -0.506. The monoisotopic (exact) mass is 355 g/mol. The number of ether oxygens (including phenoxy) is 2. The number of hydrogen-bond acceptors (Lipinski definition) is 3. The highest BCUT2D eigenvalue weighted by atomic mass is 16.5. The van der Waals surface area contributed by atoms with Gasteiger partial charge in [0.05, 0.1) is 7.11 Å². The Kier molecular flexibility index (Phi) is 6.67. The van der Waals surface area contributed by atoms with Crippen LogP contribution in [0.1, 0.15) is 45.2 Å². The number of amides is 1. The predicted molar refractivity (Wildman–Crippen MR) is 105 cm³/mol. The lowest BCUT2D eigenvalue weighted by molar-refractivity contribution is -0.128. The van der Waals surface area contributed by atoms with Crippen LogP contribution < -0.4 is 14.8 Å². The molecule has 4 heteroatoms. The van der Waals surface area contributed by atoms with Gasteiger partial charge in [0.1, 0.15) is 11.5 Å². The Morgan fingerprint density at radius 1 is 1.00 bits per heavy atom. The maximum Gasteiger partial charge on any atom is 0.261 e. The SMILES string of the molecule is CC[C@H](Oc1ccc(C(C)(C)C)cc1)C(=O)NCc1ccc(OC)cc1. The summed E-state index contributed by atoms with van der Waals surface area (Å²) in [5.74, 6) is 1.40. The zero-order valence-corrected chi connectivity index (χ0v) is 16.3. The molecule has 1 N–H and O–H groups in total. The topological polar surface area (TPSA) is 47.6 Å². The summed E-state index contributed by atoms with van der Waals surface area (Å²) in [4.78, 5) is 12.4. The third-order valence-electron chi connectivity index (χ3n) is 4.29. The van der Waals surface area contributed by atoms with Crippen LogP contribution in [0, 0.1) is 0 Å². The van der Waals surface area contributed by atoms with E-state index < -0.39 is 6.10 Å². The van der Waals surface area contributed by atoms with Gasteiger partial charge < -0.3 is 14.8 Å². The van der Waals surface area contributed by atoms with Gasteiger partial charge in [-0.05, 0) is 47.2 Å². The second kappa shape index (κ2) is 8.75. The van der Waals surface area contributed by atoms with E-state index in [9.17, 15) is 4.79 Å². The quantitative estimate of drug-likeness (QED) is 0.797. The molecule has 0 spiro atoms. The van der Waals surface area contributed by atoms with Gasteiger partial charge in [-0.25, -0.2) is 0 Å². The lowest BCUT2D eigenvalue weighted by atomic mass is 9.87. The third kappa shape index (κ3) is 5.51. The molecule has 0 aliphatic heterocycles. The number of nitrogens with one attached hydrogen (secondary N) is 1. The lowest BCUT2D eigenvalue weighted by Crippen LogP contribution is -2.37. The molecule has 0 aromatic heterocycles. The zero-order chi connectivity index (χ0) is 19.2. The van der Waals surface area contributed by atoms with Crippen LogP contribution in [0.15, 0.2) is 48.5 Å². The van der Waals surface area contributed by atoms with Crippen LogP contribution in [-0.2, 0) is 16.8 Å². The minimum Gasteiger partial charge on any atom is -0.497 e. The van der Waals surface area contributed by atoms with Gasteiger partial charge in [0, 0.05) is 6.54 Å². The van der Waals surface area contributed by atoms with Crippen molar-refractivity contribution >= 4 is 5.91 Å². The maximum absolute atomic E-state index is 12.4. The molecular weight excluding hydrogens is 326 g/mol. The molecule has 1 amide bonds. The normalized spacial score (nSPS) is 12.3. The Morgan fingerprint density at radius 3 is 2.08 bits per heavy atom. The lowest BCUT2D eigenvalue weighted by Gasteiger charge is -2.21. The van der Waals surface area contributed by atoms with Crippen LogP contribution in [0.3, 0.4) is 0 Å². The summed E-state index contributed by atoms with van der Waals surface area (Å²) in [7, 11) is 1.63. The van der Waals surface area contributed by atoms with Crippen molar-refractivity contribution in [1.29, 1.82) is 0 Å². The molecule has 0 aliphatic carbocycles. The molecular formula is C22H29NO3. The summed E-state index contributed by atoms with van der Waals surface area (Å²) < 4.78 is 11.0. The van der Waals surface area contributed by atoms with Gasteiger partial charge in [0.15, 0.2) is 6.10 Å². The summed E-state index contributed by atoms with van der Waals surface area (Å²) in [5, 5.41) is 2.94. The van der Waals surface area contributed by atoms with Crippen molar-refractivity contribution in [2.45, 2.75) is 52.2 Å². The molecule has 0 heterocycles. The predicted octanol–water partition coefficient (Wildman–Crippen LogP) is 4.47. The first-order valence-electron chi connectivity index (χ1n) is 9.01. The highest BCUT2D eigenvalue weighted by Gasteiger charge is 2.19. The Hall–Kier alpha value is -2.49. The Balaban J connectivity index is 1.93. The van der Waals surface area contributed by atoms with Crippen LogP contribution in [0.25, 0.3) is 0 Å². The summed E-state index contributed by atoms with van der Waals surface area (Å²) in [6.07, 6.45) is 0.101. The third-order valence-corrected chi connectivity index (χ3v) is 4.29. The van der Waals surface area contributed by atoms with E-state index in [1.54, 1.807) is 7.11 Å². The van der Waals surface area contributed by atoms with Gasteiger partial charge >= 0.3 is 0 Å².